The largest absolute Gasteiger partial charge is 0.309 e. The van der Waals surface area contributed by atoms with Crippen molar-refractivity contribution in [2.24, 2.45) is 0 Å². The molecular weight excluding hydrogens is 382 g/mol. The van der Waals surface area contributed by atoms with Crippen molar-refractivity contribution in [2.75, 3.05) is 12.4 Å². The number of benzene rings is 1. The van der Waals surface area contributed by atoms with Gasteiger partial charge in [0, 0.05) is 25.0 Å². The number of anilines is 1. The highest BCUT2D eigenvalue weighted by Crippen LogP contribution is 2.31. The first kappa shape index (κ1) is 19.4. The summed E-state index contributed by atoms with van der Waals surface area (Å²) in [5, 5.41) is 10.9. The zero-order chi connectivity index (χ0) is 21.4. The number of carbonyl (C=O) groups is 3. The van der Waals surface area contributed by atoms with Crippen LogP contribution >= 0.6 is 0 Å². The van der Waals surface area contributed by atoms with Crippen molar-refractivity contribution in [1.82, 2.24) is 20.1 Å². The van der Waals surface area contributed by atoms with Gasteiger partial charge in [-0.2, -0.15) is 0 Å². The Balaban J connectivity index is 1.58. The van der Waals surface area contributed by atoms with E-state index in [1.807, 2.05) is 13.0 Å². The van der Waals surface area contributed by atoms with Gasteiger partial charge < -0.3 is 5.32 Å². The van der Waals surface area contributed by atoms with E-state index in [0.29, 0.717) is 22.6 Å². The number of rotatable bonds is 4. The molecule has 0 fully saturated rings. The fourth-order valence-electron chi connectivity index (χ4n) is 3.45. The van der Waals surface area contributed by atoms with Crippen LogP contribution in [0.4, 0.5) is 5.82 Å². The molecule has 1 aliphatic rings. The molecule has 0 saturated carbocycles. The van der Waals surface area contributed by atoms with E-state index in [0.717, 1.165) is 16.0 Å². The highest BCUT2D eigenvalue weighted by molar-refractivity contribution is 6.22. The number of hydrogen-bond acceptors (Lipinski definition) is 6. The predicted octanol–water partition coefficient (Wildman–Crippen LogP) is 2.82. The molecule has 1 unspecified atom stereocenters. The molecule has 0 aliphatic carbocycles. The first-order chi connectivity index (χ1) is 14.4. The van der Waals surface area contributed by atoms with Crippen LogP contribution in [0.2, 0.25) is 0 Å². The van der Waals surface area contributed by atoms with Crippen molar-refractivity contribution in [3.8, 4) is 11.3 Å². The molecule has 3 amide bonds. The summed E-state index contributed by atoms with van der Waals surface area (Å²) in [5.74, 6) is -1.47. The number of fused-ring (bicyclic) bond motifs is 1. The molecule has 3 aromatic rings. The monoisotopic (exact) mass is 401 g/mol. The van der Waals surface area contributed by atoms with E-state index in [1.165, 1.54) is 7.05 Å². The van der Waals surface area contributed by atoms with Crippen LogP contribution in [-0.4, -0.2) is 44.9 Å². The Hall–Kier alpha value is -3.94. The maximum Gasteiger partial charge on any atom is 0.261 e. The Kier molecular flexibility index (Phi) is 4.83. The molecule has 1 aliphatic heterocycles. The molecule has 0 saturated heterocycles. The first-order valence-electron chi connectivity index (χ1n) is 9.38. The molecule has 1 N–H and O–H groups in total. The molecule has 8 heteroatoms. The summed E-state index contributed by atoms with van der Waals surface area (Å²) in [6.45, 7) is 3.52. The number of nitrogens with one attached hydrogen (secondary N) is 1. The number of imide groups is 1. The number of carbonyl (C=O) groups excluding carboxylic acids is 3. The van der Waals surface area contributed by atoms with Crippen LogP contribution in [0, 0.1) is 6.92 Å². The van der Waals surface area contributed by atoms with E-state index in [1.54, 1.807) is 49.6 Å². The second-order valence-electron chi connectivity index (χ2n) is 7.20. The van der Waals surface area contributed by atoms with Crippen molar-refractivity contribution >= 4 is 23.5 Å². The lowest BCUT2D eigenvalue weighted by molar-refractivity contribution is -0.117. The third kappa shape index (κ3) is 3.32. The summed E-state index contributed by atoms with van der Waals surface area (Å²) >= 11 is 0. The average Bonchev–Trinajstić information content (AvgIpc) is 2.97. The van der Waals surface area contributed by atoms with Crippen LogP contribution in [0.1, 0.15) is 44.7 Å². The number of aryl methyl sites for hydroxylation is 1. The Bertz CT molecular complexity index is 1160. The van der Waals surface area contributed by atoms with Gasteiger partial charge in [0.1, 0.15) is 0 Å². The van der Waals surface area contributed by atoms with Crippen LogP contribution in [-0.2, 0) is 4.79 Å². The number of nitrogens with zero attached hydrogens (tertiary/aromatic N) is 4. The zero-order valence-electron chi connectivity index (χ0n) is 16.7. The predicted molar refractivity (Wildman–Crippen MR) is 110 cm³/mol. The lowest BCUT2D eigenvalue weighted by atomic mass is 9.90. The normalized spacial score (nSPS) is 13.9. The third-order valence-corrected chi connectivity index (χ3v) is 5.10. The molecule has 1 aromatic carbocycles. The number of amides is 3. The van der Waals surface area contributed by atoms with Crippen molar-refractivity contribution < 1.29 is 14.4 Å². The van der Waals surface area contributed by atoms with Crippen molar-refractivity contribution in [3.63, 3.8) is 0 Å². The maximum absolute atomic E-state index is 12.8. The molecule has 150 valence electrons. The molecule has 0 spiro atoms. The van der Waals surface area contributed by atoms with Gasteiger partial charge in [-0.1, -0.05) is 6.07 Å². The van der Waals surface area contributed by atoms with Crippen LogP contribution < -0.4 is 5.32 Å². The van der Waals surface area contributed by atoms with E-state index in [-0.39, 0.29) is 17.4 Å². The van der Waals surface area contributed by atoms with Gasteiger partial charge in [0.15, 0.2) is 5.82 Å². The minimum atomic E-state index is -0.665. The maximum atomic E-state index is 12.8. The van der Waals surface area contributed by atoms with Crippen LogP contribution in [0.5, 0.6) is 0 Å². The Morgan fingerprint density at radius 1 is 1.10 bits per heavy atom. The van der Waals surface area contributed by atoms with Gasteiger partial charge >= 0.3 is 0 Å². The standard InChI is InChI=1S/C22H19N5O3/c1-12-9-15(19-16(10-12)21(29)27(3)22(19)30)13(2)20(28)24-18-7-6-17(25-26-18)14-5-4-8-23-11-14/h4-11,13H,1-3H3,(H,24,26,28). The van der Waals surface area contributed by atoms with Gasteiger partial charge in [-0.25, -0.2) is 0 Å². The minimum Gasteiger partial charge on any atom is -0.309 e. The number of aromatic nitrogens is 3. The fraction of sp³-hybridized carbons (Fsp3) is 0.182. The quantitative estimate of drug-likeness (QED) is 0.674. The summed E-state index contributed by atoms with van der Waals surface area (Å²) in [7, 11) is 1.44. The summed E-state index contributed by atoms with van der Waals surface area (Å²) in [5.41, 5.74) is 3.40. The van der Waals surface area contributed by atoms with Crippen molar-refractivity contribution in [3.05, 3.63) is 71.0 Å². The van der Waals surface area contributed by atoms with E-state index in [2.05, 4.69) is 20.5 Å². The molecule has 8 nitrogen and oxygen atoms in total. The minimum absolute atomic E-state index is 0.286. The molecule has 3 heterocycles. The summed E-state index contributed by atoms with van der Waals surface area (Å²) in [6, 6.07) is 10.5. The highest BCUT2D eigenvalue weighted by Gasteiger charge is 2.37. The molecule has 0 bridgehead atoms. The second kappa shape index (κ2) is 7.47. The van der Waals surface area contributed by atoms with Crippen LogP contribution in [0.3, 0.4) is 0 Å². The van der Waals surface area contributed by atoms with Gasteiger partial charge in [-0.3, -0.25) is 24.3 Å². The Morgan fingerprint density at radius 3 is 2.57 bits per heavy atom. The zero-order valence-corrected chi connectivity index (χ0v) is 16.7. The lowest BCUT2D eigenvalue weighted by Gasteiger charge is -2.15. The van der Waals surface area contributed by atoms with E-state index in [4.69, 9.17) is 0 Å². The topological polar surface area (TPSA) is 105 Å². The summed E-state index contributed by atoms with van der Waals surface area (Å²) in [6.07, 6.45) is 3.35. The molecular formula is C22H19N5O3. The average molecular weight is 401 g/mol. The number of pyridine rings is 1. The smallest absolute Gasteiger partial charge is 0.261 e. The van der Waals surface area contributed by atoms with E-state index >= 15 is 0 Å². The lowest BCUT2D eigenvalue weighted by Crippen LogP contribution is -2.25. The second-order valence-corrected chi connectivity index (χ2v) is 7.20. The van der Waals surface area contributed by atoms with Crippen molar-refractivity contribution in [2.45, 2.75) is 19.8 Å². The fourth-order valence-corrected chi connectivity index (χ4v) is 3.45. The molecule has 2 aromatic heterocycles. The van der Waals surface area contributed by atoms with Gasteiger partial charge in [-0.05, 0) is 55.3 Å². The highest BCUT2D eigenvalue weighted by atomic mass is 16.2. The Morgan fingerprint density at radius 2 is 1.90 bits per heavy atom. The number of hydrogen-bond donors (Lipinski definition) is 1. The van der Waals surface area contributed by atoms with Crippen molar-refractivity contribution in [1.29, 1.82) is 0 Å². The van der Waals surface area contributed by atoms with Gasteiger partial charge in [-0.15, -0.1) is 10.2 Å². The van der Waals surface area contributed by atoms with E-state index in [9.17, 15) is 14.4 Å². The van der Waals surface area contributed by atoms with Crippen LogP contribution in [0.25, 0.3) is 11.3 Å². The van der Waals surface area contributed by atoms with Crippen LogP contribution in [0.15, 0.2) is 48.8 Å². The molecule has 4 rings (SSSR count). The first-order valence-corrected chi connectivity index (χ1v) is 9.38. The Labute approximate surface area is 173 Å². The molecule has 0 radical (unpaired) electrons. The SMILES string of the molecule is Cc1cc2c(c(C(C)C(=O)Nc3ccc(-c4cccnc4)nn3)c1)C(=O)N(C)C2=O. The third-order valence-electron chi connectivity index (χ3n) is 5.10. The van der Waals surface area contributed by atoms with Gasteiger partial charge in [0.25, 0.3) is 11.8 Å². The summed E-state index contributed by atoms with van der Waals surface area (Å²) in [4.78, 5) is 42.8. The van der Waals surface area contributed by atoms with Gasteiger partial charge in [0.2, 0.25) is 5.91 Å². The molecule has 1 atom stereocenters. The molecule has 30 heavy (non-hydrogen) atoms. The van der Waals surface area contributed by atoms with Gasteiger partial charge in [0.05, 0.1) is 22.7 Å². The summed E-state index contributed by atoms with van der Waals surface area (Å²) < 4.78 is 0. The van der Waals surface area contributed by atoms with E-state index < -0.39 is 11.8 Å².